The Morgan fingerprint density at radius 2 is 1.78 bits per heavy atom. The molecule has 0 aromatic carbocycles. The van der Waals surface area contributed by atoms with E-state index >= 15 is 0 Å². The second-order valence-electron chi connectivity index (χ2n) is 5.35. The van der Waals surface area contributed by atoms with Crippen molar-refractivity contribution in [3.63, 3.8) is 0 Å². The molecule has 104 valence electrons. The van der Waals surface area contributed by atoms with Gasteiger partial charge in [0, 0.05) is 31.7 Å². The van der Waals surface area contributed by atoms with Crippen molar-refractivity contribution in [2.24, 2.45) is 0 Å². The van der Waals surface area contributed by atoms with Crippen LogP contribution in [0.2, 0.25) is 0 Å². The van der Waals surface area contributed by atoms with Crippen molar-refractivity contribution in [2.45, 2.75) is 46.2 Å². The standard InChI is InChI=1S/C13H25N3O2/c1-10(2)14-6-5-7-15-8-9-16(11(3)4)13(18)12(15)17/h10-11,14H,5-9H2,1-4H3. The zero-order valence-electron chi connectivity index (χ0n) is 11.9. The number of hydrogen-bond acceptors (Lipinski definition) is 3. The number of nitrogens with zero attached hydrogens (tertiary/aromatic N) is 2. The summed E-state index contributed by atoms with van der Waals surface area (Å²) in [5.74, 6) is -0.701. The lowest BCUT2D eigenvalue weighted by atomic mass is 10.2. The summed E-state index contributed by atoms with van der Waals surface area (Å²) in [6.07, 6.45) is 0.888. The van der Waals surface area contributed by atoms with Gasteiger partial charge in [0.2, 0.25) is 0 Å². The van der Waals surface area contributed by atoms with E-state index in [0.29, 0.717) is 25.7 Å². The van der Waals surface area contributed by atoms with Crippen molar-refractivity contribution >= 4 is 11.8 Å². The van der Waals surface area contributed by atoms with Crippen molar-refractivity contribution in [1.29, 1.82) is 0 Å². The summed E-state index contributed by atoms with van der Waals surface area (Å²) in [4.78, 5) is 27.0. The number of nitrogens with one attached hydrogen (secondary N) is 1. The minimum absolute atomic E-state index is 0.103. The van der Waals surface area contributed by atoms with E-state index in [4.69, 9.17) is 0 Å². The van der Waals surface area contributed by atoms with Gasteiger partial charge in [-0.2, -0.15) is 0 Å². The normalized spacial score (nSPS) is 17.2. The van der Waals surface area contributed by atoms with Gasteiger partial charge in [0.05, 0.1) is 0 Å². The molecule has 0 radical (unpaired) electrons. The monoisotopic (exact) mass is 255 g/mol. The van der Waals surface area contributed by atoms with Gasteiger partial charge >= 0.3 is 11.8 Å². The highest BCUT2D eigenvalue weighted by Crippen LogP contribution is 2.09. The van der Waals surface area contributed by atoms with Crippen LogP contribution in [0, 0.1) is 0 Å². The first kappa shape index (κ1) is 15.0. The van der Waals surface area contributed by atoms with Gasteiger partial charge in [0.1, 0.15) is 0 Å². The molecule has 18 heavy (non-hydrogen) atoms. The van der Waals surface area contributed by atoms with E-state index in [2.05, 4.69) is 19.2 Å². The van der Waals surface area contributed by atoms with Crippen molar-refractivity contribution in [3.8, 4) is 0 Å². The van der Waals surface area contributed by atoms with E-state index in [1.807, 2.05) is 13.8 Å². The Kier molecular flexibility index (Phi) is 5.59. The molecule has 0 aliphatic carbocycles. The van der Waals surface area contributed by atoms with Gasteiger partial charge in [-0.05, 0) is 26.8 Å². The van der Waals surface area contributed by atoms with Gasteiger partial charge < -0.3 is 15.1 Å². The highest BCUT2D eigenvalue weighted by molar-refractivity contribution is 6.35. The van der Waals surface area contributed by atoms with E-state index < -0.39 is 0 Å². The average Bonchev–Trinajstić information content (AvgIpc) is 2.29. The summed E-state index contributed by atoms with van der Waals surface area (Å²) >= 11 is 0. The van der Waals surface area contributed by atoms with Gasteiger partial charge in [-0.15, -0.1) is 0 Å². The van der Waals surface area contributed by atoms with Crippen LogP contribution in [-0.2, 0) is 9.59 Å². The van der Waals surface area contributed by atoms with Gasteiger partial charge in [-0.3, -0.25) is 9.59 Å². The molecule has 1 N–H and O–H groups in total. The maximum atomic E-state index is 11.9. The van der Waals surface area contributed by atoms with E-state index in [1.54, 1.807) is 9.80 Å². The molecule has 5 heteroatoms. The van der Waals surface area contributed by atoms with Crippen LogP contribution in [0.1, 0.15) is 34.1 Å². The fourth-order valence-corrected chi connectivity index (χ4v) is 2.06. The van der Waals surface area contributed by atoms with Crippen molar-refractivity contribution < 1.29 is 9.59 Å². The molecule has 0 spiro atoms. The minimum atomic E-state index is -0.354. The molecule has 0 unspecified atom stereocenters. The number of piperazine rings is 1. The molecule has 0 bridgehead atoms. The second-order valence-corrected chi connectivity index (χ2v) is 5.35. The molecule has 1 heterocycles. The number of amides is 2. The molecule has 5 nitrogen and oxygen atoms in total. The SMILES string of the molecule is CC(C)NCCCN1CCN(C(C)C)C(=O)C1=O. The Balaban J connectivity index is 2.37. The molecule has 1 saturated heterocycles. The van der Waals surface area contributed by atoms with Crippen molar-refractivity contribution in [2.75, 3.05) is 26.2 Å². The van der Waals surface area contributed by atoms with Crippen LogP contribution in [0.3, 0.4) is 0 Å². The summed E-state index contributed by atoms with van der Waals surface area (Å²) in [5.41, 5.74) is 0. The van der Waals surface area contributed by atoms with E-state index in [9.17, 15) is 9.59 Å². The maximum Gasteiger partial charge on any atom is 0.312 e. The lowest BCUT2D eigenvalue weighted by Gasteiger charge is -2.36. The number of rotatable bonds is 6. The molecule has 1 rings (SSSR count). The molecule has 1 aliphatic rings. The zero-order chi connectivity index (χ0) is 13.7. The van der Waals surface area contributed by atoms with Crippen LogP contribution < -0.4 is 5.32 Å². The summed E-state index contributed by atoms with van der Waals surface area (Å²) in [6, 6.07) is 0.561. The zero-order valence-corrected chi connectivity index (χ0v) is 11.9. The molecule has 0 aromatic rings. The molecular formula is C13H25N3O2. The van der Waals surface area contributed by atoms with Crippen LogP contribution in [0.25, 0.3) is 0 Å². The van der Waals surface area contributed by atoms with Crippen LogP contribution in [0.4, 0.5) is 0 Å². The highest BCUT2D eigenvalue weighted by atomic mass is 16.2. The third-order valence-electron chi connectivity index (χ3n) is 3.12. The third kappa shape index (κ3) is 3.98. The number of hydrogen-bond donors (Lipinski definition) is 1. The minimum Gasteiger partial charge on any atom is -0.333 e. The number of carbonyl (C=O) groups is 2. The van der Waals surface area contributed by atoms with Crippen LogP contribution in [0.15, 0.2) is 0 Å². The summed E-state index contributed by atoms with van der Waals surface area (Å²) in [6.45, 7) is 10.9. The molecular weight excluding hydrogens is 230 g/mol. The summed E-state index contributed by atoms with van der Waals surface area (Å²) in [5, 5.41) is 3.30. The fraction of sp³-hybridized carbons (Fsp3) is 0.846. The predicted molar refractivity (Wildman–Crippen MR) is 71.2 cm³/mol. The predicted octanol–water partition coefficient (Wildman–Crippen LogP) is 0.454. The second kappa shape index (κ2) is 6.73. The van der Waals surface area contributed by atoms with E-state index in [0.717, 1.165) is 13.0 Å². The smallest absolute Gasteiger partial charge is 0.312 e. The molecule has 0 atom stereocenters. The van der Waals surface area contributed by atoms with Gasteiger partial charge in [-0.1, -0.05) is 13.8 Å². The molecule has 0 saturated carbocycles. The first-order chi connectivity index (χ1) is 8.43. The molecule has 0 aromatic heterocycles. The molecule has 2 amide bonds. The van der Waals surface area contributed by atoms with Crippen molar-refractivity contribution in [3.05, 3.63) is 0 Å². The van der Waals surface area contributed by atoms with Gasteiger partial charge in [-0.25, -0.2) is 0 Å². The maximum absolute atomic E-state index is 11.9. The lowest BCUT2D eigenvalue weighted by Crippen LogP contribution is -2.56. The Morgan fingerprint density at radius 3 is 2.33 bits per heavy atom. The van der Waals surface area contributed by atoms with Crippen LogP contribution in [0.5, 0.6) is 0 Å². The lowest BCUT2D eigenvalue weighted by molar-refractivity contribution is -0.157. The first-order valence-corrected chi connectivity index (χ1v) is 6.76. The molecule has 1 fully saturated rings. The highest BCUT2D eigenvalue weighted by Gasteiger charge is 2.33. The topological polar surface area (TPSA) is 52.6 Å². The third-order valence-corrected chi connectivity index (χ3v) is 3.12. The Morgan fingerprint density at radius 1 is 1.11 bits per heavy atom. The summed E-state index contributed by atoms with van der Waals surface area (Å²) < 4.78 is 0. The first-order valence-electron chi connectivity index (χ1n) is 6.76. The Labute approximate surface area is 110 Å². The van der Waals surface area contributed by atoms with E-state index in [-0.39, 0.29) is 17.9 Å². The van der Waals surface area contributed by atoms with E-state index in [1.165, 1.54) is 0 Å². The van der Waals surface area contributed by atoms with Crippen LogP contribution >= 0.6 is 0 Å². The fourth-order valence-electron chi connectivity index (χ4n) is 2.06. The largest absolute Gasteiger partial charge is 0.333 e. The van der Waals surface area contributed by atoms with Crippen LogP contribution in [-0.4, -0.2) is 59.9 Å². The summed E-state index contributed by atoms with van der Waals surface area (Å²) in [7, 11) is 0. The van der Waals surface area contributed by atoms with Gasteiger partial charge in [0.25, 0.3) is 0 Å². The quantitative estimate of drug-likeness (QED) is 0.554. The Bertz CT molecular complexity index is 303. The average molecular weight is 255 g/mol. The van der Waals surface area contributed by atoms with Gasteiger partial charge in [0.15, 0.2) is 0 Å². The Hall–Kier alpha value is -1.10. The molecule has 1 aliphatic heterocycles. The van der Waals surface area contributed by atoms with Crippen molar-refractivity contribution in [1.82, 2.24) is 15.1 Å². The number of carbonyl (C=O) groups excluding carboxylic acids is 2.